The molecular formula is C11H16N4O3S. The Labute approximate surface area is 113 Å². The van der Waals surface area contributed by atoms with E-state index >= 15 is 0 Å². The molecule has 1 aromatic heterocycles. The first-order valence-electron chi connectivity index (χ1n) is 6.10. The molecule has 1 saturated heterocycles. The summed E-state index contributed by atoms with van der Waals surface area (Å²) >= 11 is 0. The Hall–Kier alpha value is -1.70. The van der Waals surface area contributed by atoms with Gasteiger partial charge in [-0.15, -0.1) is 0 Å². The predicted octanol–water partition coefficient (Wildman–Crippen LogP) is 0.990. The minimum absolute atomic E-state index is 0.0210. The summed E-state index contributed by atoms with van der Waals surface area (Å²) in [5.74, 6) is 2.24. The second-order valence-corrected chi connectivity index (χ2v) is 5.89. The van der Waals surface area contributed by atoms with Crippen molar-refractivity contribution in [3.8, 4) is 0 Å². The molecule has 0 aliphatic carbocycles. The largest absolute Gasteiger partial charge is 0.370 e. The first-order valence-corrected chi connectivity index (χ1v) is 7.59. The predicted molar refractivity (Wildman–Crippen MR) is 75.1 cm³/mol. The zero-order chi connectivity index (χ0) is 13.8. The highest BCUT2D eigenvalue weighted by molar-refractivity contribution is 7.85. The van der Waals surface area contributed by atoms with E-state index in [1.54, 1.807) is 0 Å². The lowest BCUT2D eigenvalue weighted by molar-refractivity contribution is -0.384. The van der Waals surface area contributed by atoms with Crippen LogP contribution in [-0.2, 0) is 10.8 Å². The van der Waals surface area contributed by atoms with Crippen LogP contribution in [0.3, 0.4) is 0 Å². The van der Waals surface area contributed by atoms with Gasteiger partial charge in [0, 0.05) is 41.9 Å². The van der Waals surface area contributed by atoms with Crippen LogP contribution in [0.15, 0.2) is 12.1 Å². The van der Waals surface area contributed by atoms with E-state index in [1.807, 2.05) is 11.8 Å². The summed E-state index contributed by atoms with van der Waals surface area (Å²) in [6.07, 6.45) is 0. The Morgan fingerprint density at radius 3 is 2.74 bits per heavy atom. The molecular weight excluding hydrogens is 268 g/mol. The maximum Gasteiger partial charge on any atom is 0.276 e. The number of nitrogens with one attached hydrogen (secondary N) is 1. The van der Waals surface area contributed by atoms with Gasteiger partial charge in [-0.05, 0) is 6.92 Å². The van der Waals surface area contributed by atoms with E-state index in [2.05, 4.69) is 10.3 Å². The van der Waals surface area contributed by atoms with E-state index in [9.17, 15) is 14.3 Å². The molecule has 1 aliphatic rings. The lowest BCUT2D eigenvalue weighted by atomic mass is 10.3. The Morgan fingerprint density at radius 2 is 2.16 bits per heavy atom. The van der Waals surface area contributed by atoms with Crippen molar-refractivity contribution in [2.24, 2.45) is 0 Å². The first kappa shape index (κ1) is 13.7. The number of hydrogen-bond acceptors (Lipinski definition) is 6. The average Bonchev–Trinajstić information content (AvgIpc) is 2.39. The summed E-state index contributed by atoms with van der Waals surface area (Å²) in [4.78, 5) is 16.8. The van der Waals surface area contributed by atoms with E-state index in [0.29, 0.717) is 42.8 Å². The molecule has 1 aliphatic heterocycles. The van der Waals surface area contributed by atoms with Gasteiger partial charge in [-0.1, -0.05) is 0 Å². The first-order chi connectivity index (χ1) is 9.10. The number of nitro groups is 1. The van der Waals surface area contributed by atoms with Crippen LogP contribution in [-0.4, -0.2) is 45.3 Å². The highest BCUT2D eigenvalue weighted by atomic mass is 32.2. The van der Waals surface area contributed by atoms with Gasteiger partial charge in [0.15, 0.2) is 0 Å². The van der Waals surface area contributed by atoms with Gasteiger partial charge in [0.25, 0.3) is 5.69 Å². The van der Waals surface area contributed by atoms with Crippen LogP contribution in [0.2, 0.25) is 0 Å². The standard InChI is InChI=1S/C11H16N4O3S/c1-2-12-10-7-9(15(16)17)8-11(13-10)14-3-5-19(18)6-4-14/h7-8H,2-6H2,1H3,(H,12,13). The lowest BCUT2D eigenvalue weighted by Gasteiger charge is -2.27. The molecule has 0 amide bonds. The van der Waals surface area contributed by atoms with Crippen molar-refractivity contribution in [3.63, 3.8) is 0 Å². The molecule has 7 nitrogen and oxygen atoms in total. The van der Waals surface area contributed by atoms with Crippen molar-refractivity contribution in [1.82, 2.24) is 4.98 Å². The fourth-order valence-corrected chi connectivity index (χ4v) is 2.96. The molecule has 0 unspecified atom stereocenters. The molecule has 19 heavy (non-hydrogen) atoms. The third-order valence-electron chi connectivity index (χ3n) is 2.87. The van der Waals surface area contributed by atoms with Crippen LogP contribution in [0.25, 0.3) is 0 Å². The number of rotatable bonds is 4. The zero-order valence-electron chi connectivity index (χ0n) is 10.7. The van der Waals surface area contributed by atoms with Crippen LogP contribution in [0, 0.1) is 10.1 Å². The highest BCUT2D eigenvalue weighted by Crippen LogP contribution is 2.24. The van der Waals surface area contributed by atoms with Crippen LogP contribution in [0.1, 0.15) is 6.92 Å². The smallest absolute Gasteiger partial charge is 0.276 e. The molecule has 104 valence electrons. The number of nitrogens with zero attached hydrogens (tertiary/aromatic N) is 3. The Kier molecular flexibility index (Phi) is 4.31. The minimum atomic E-state index is -0.776. The van der Waals surface area contributed by atoms with Crippen LogP contribution in [0.4, 0.5) is 17.3 Å². The summed E-state index contributed by atoms with van der Waals surface area (Å²) in [6, 6.07) is 2.89. The van der Waals surface area contributed by atoms with E-state index < -0.39 is 15.7 Å². The van der Waals surface area contributed by atoms with Gasteiger partial charge >= 0.3 is 0 Å². The monoisotopic (exact) mass is 284 g/mol. The second-order valence-electron chi connectivity index (χ2n) is 4.19. The molecule has 1 fully saturated rings. The third-order valence-corrected chi connectivity index (χ3v) is 4.14. The molecule has 0 spiro atoms. The van der Waals surface area contributed by atoms with Crippen molar-refractivity contribution >= 4 is 28.1 Å². The highest BCUT2D eigenvalue weighted by Gasteiger charge is 2.20. The summed E-state index contributed by atoms with van der Waals surface area (Å²) in [7, 11) is -0.776. The Bertz CT molecular complexity index is 499. The lowest BCUT2D eigenvalue weighted by Crippen LogP contribution is -2.38. The summed E-state index contributed by atoms with van der Waals surface area (Å²) in [5, 5.41) is 13.9. The average molecular weight is 284 g/mol. The van der Waals surface area contributed by atoms with Crippen molar-refractivity contribution < 1.29 is 9.13 Å². The quantitative estimate of drug-likeness (QED) is 0.655. The molecule has 0 saturated carbocycles. The summed E-state index contributed by atoms with van der Waals surface area (Å²) < 4.78 is 11.3. The van der Waals surface area contributed by atoms with Crippen molar-refractivity contribution in [2.45, 2.75) is 6.92 Å². The molecule has 0 atom stereocenters. The number of pyridine rings is 1. The Balaban J connectivity index is 2.27. The molecule has 0 radical (unpaired) electrons. The third kappa shape index (κ3) is 3.40. The number of aromatic nitrogens is 1. The normalized spacial score (nSPS) is 16.4. The fraction of sp³-hybridized carbons (Fsp3) is 0.545. The van der Waals surface area contributed by atoms with E-state index in [4.69, 9.17) is 0 Å². The van der Waals surface area contributed by atoms with Gasteiger partial charge in [-0.2, -0.15) is 0 Å². The molecule has 2 rings (SSSR count). The summed E-state index contributed by atoms with van der Waals surface area (Å²) in [6.45, 7) is 3.79. The van der Waals surface area contributed by atoms with Gasteiger partial charge in [0.05, 0.1) is 17.1 Å². The van der Waals surface area contributed by atoms with E-state index in [1.165, 1.54) is 12.1 Å². The maximum atomic E-state index is 11.3. The van der Waals surface area contributed by atoms with E-state index in [-0.39, 0.29) is 5.69 Å². The Morgan fingerprint density at radius 1 is 1.47 bits per heavy atom. The minimum Gasteiger partial charge on any atom is -0.370 e. The SMILES string of the molecule is CCNc1cc([N+](=O)[O-])cc(N2CCS(=O)CC2)n1. The van der Waals surface area contributed by atoms with Gasteiger partial charge < -0.3 is 10.2 Å². The van der Waals surface area contributed by atoms with Crippen LogP contribution in [0.5, 0.6) is 0 Å². The summed E-state index contributed by atoms with van der Waals surface area (Å²) in [5.41, 5.74) is 0.0210. The number of anilines is 2. The van der Waals surface area contributed by atoms with Crippen molar-refractivity contribution in [1.29, 1.82) is 0 Å². The van der Waals surface area contributed by atoms with Gasteiger partial charge in [0.1, 0.15) is 11.6 Å². The van der Waals surface area contributed by atoms with Crippen LogP contribution < -0.4 is 10.2 Å². The fourth-order valence-electron chi connectivity index (χ4n) is 1.91. The van der Waals surface area contributed by atoms with Crippen molar-refractivity contribution in [3.05, 3.63) is 22.2 Å². The van der Waals surface area contributed by atoms with Gasteiger partial charge in [-0.3, -0.25) is 14.3 Å². The van der Waals surface area contributed by atoms with Crippen LogP contribution >= 0.6 is 0 Å². The molecule has 0 aromatic carbocycles. The molecule has 1 N–H and O–H groups in total. The topological polar surface area (TPSA) is 88.4 Å². The molecule has 8 heteroatoms. The van der Waals surface area contributed by atoms with Gasteiger partial charge in [-0.25, -0.2) is 4.98 Å². The maximum absolute atomic E-state index is 11.3. The zero-order valence-corrected chi connectivity index (χ0v) is 11.5. The second kappa shape index (κ2) is 5.96. The molecule has 1 aromatic rings. The van der Waals surface area contributed by atoms with E-state index in [0.717, 1.165) is 0 Å². The van der Waals surface area contributed by atoms with Gasteiger partial charge in [0.2, 0.25) is 0 Å². The van der Waals surface area contributed by atoms with Crippen molar-refractivity contribution in [2.75, 3.05) is 41.4 Å². The number of hydrogen-bond donors (Lipinski definition) is 1. The molecule has 2 heterocycles. The molecule has 0 bridgehead atoms.